The van der Waals surface area contributed by atoms with Gasteiger partial charge in [0.25, 0.3) is 0 Å². The monoisotopic (exact) mass is 505 g/mol. The average molecular weight is 506 g/mol. The van der Waals surface area contributed by atoms with E-state index in [4.69, 9.17) is 4.74 Å². The van der Waals surface area contributed by atoms with Crippen LogP contribution in [0.15, 0.2) is 82.2 Å². The summed E-state index contributed by atoms with van der Waals surface area (Å²) in [5.74, 6) is -0.937. The van der Waals surface area contributed by atoms with Crippen LogP contribution in [0.5, 0.6) is 0 Å². The Morgan fingerprint density at radius 3 is 1.94 bits per heavy atom. The lowest BCUT2D eigenvalue weighted by molar-refractivity contribution is 0.0526. The zero-order valence-corrected chi connectivity index (χ0v) is 19.2. The molecular weight excluding hydrogens is 485 g/mol. The summed E-state index contributed by atoms with van der Waals surface area (Å²) in [7, 11) is -3.90. The first kappa shape index (κ1) is 23.1. The molecule has 0 spiro atoms. The molecule has 31 heavy (non-hydrogen) atoms. The van der Waals surface area contributed by atoms with Crippen molar-refractivity contribution in [3.05, 3.63) is 99.8 Å². The SMILES string of the molecule is CCOC(=O)c1ccc(CN(Cc2ccc(Br)cc2)S(=O)(=O)c2ccc(F)cc2)cc1. The van der Waals surface area contributed by atoms with Crippen molar-refractivity contribution in [3.63, 3.8) is 0 Å². The van der Waals surface area contributed by atoms with E-state index in [0.29, 0.717) is 11.1 Å². The van der Waals surface area contributed by atoms with E-state index in [0.717, 1.165) is 22.2 Å². The molecule has 0 radical (unpaired) electrons. The largest absolute Gasteiger partial charge is 0.462 e. The molecule has 0 saturated carbocycles. The third kappa shape index (κ3) is 6.00. The Kier molecular flexibility index (Phi) is 7.59. The van der Waals surface area contributed by atoms with Crippen LogP contribution in [0.3, 0.4) is 0 Å². The van der Waals surface area contributed by atoms with Crippen molar-refractivity contribution in [1.82, 2.24) is 4.31 Å². The summed E-state index contributed by atoms with van der Waals surface area (Å²) >= 11 is 3.37. The maximum atomic E-state index is 13.3. The molecule has 0 fully saturated rings. The van der Waals surface area contributed by atoms with E-state index in [1.165, 1.54) is 16.4 Å². The van der Waals surface area contributed by atoms with E-state index in [2.05, 4.69) is 15.9 Å². The van der Waals surface area contributed by atoms with Gasteiger partial charge in [-0.15, -0.1) is 0 Å². The summed E-state index contributed by atoms with van der Waals surface area (Å²) in [6.07, 6.45) is 0. The molecule has 8 heteroatoms. The fraction of sp³-hybridized carbons (Fsp3) is 0.174. The van der Waals surface area contributed by atoms with Crippen LogP contribution in [0.25, 0.3) is 0 Å². The van der Waals surface area contributed by atoms with Gasteiger partial charge in [0, 0.05) is 17.6 Å². The molecule has 3 rings (SSSR count). The zero-order valence-electron chi connectivity index (χ0n) is 16.8. The van der Waals surface area contributed by atoms with Gasteiger partial charge in [-0.05, 0) is 66.6 Å². The van der Waals surface area contributed by atoms with Gasteiger partial charge in [-0.25, -0.2) is 17.6 Å². The van der Waals surface area contributed by atoms with E-state index in [1.54, 1.807) is 31.2 Å². The van der Waals surface area contributed by atoms with E-state index in [1.807, 2.05) is 24.3 Å². The number of halogens is 2. The minimum absolute atomic E-state index is 0.00848. The van der Waals surface area contributed by atoms with Gasteiger partial charge in [-0.2, -0.15) is 4.31 Å². The van der Waals surface area contributed by atoms with Gasteiger partial charge in [0.1, 0.15) is 5.82 Å². The molecule has 5 nitrogen and oxygen atoms in total. The Hall–Kier alpha value is -2.55. The lowest BCUT2D eigenvalue weighted by Crippen LogP contribution is -2.30. The summed E-state index contributed by atoms with van der Waals surface area (Å²) < 4.78 is 47.1. The highest BCUT2D eigenvalue weighted by molar-refractivity contribution is 9.10. The Morgan fingerprint density at radius 1 is 0.903 bits per heavy atom. The molecule has 0 aliphatic heterocycles. The summed E-state index contributed by atoms with van der Waals surface area (Å²) in [5.41, 5.74) is 1.90. The Balaban J connectivity index is 1.90. The van der Waals surface area contributed by atoms with Crippen LogP contribution in [0.2, 0.25) is 0 Å². The summed E-state index contributed by atoms with van der Waals surface area (Å²) in [6.45, 7) is 2.22. The smallest absolute Gasteiger partial charge is 0.338 e. The van der Waals surface area contributed by atoms with Crippen LogP contribution in [0.4, 0.5) is 4.39 Å². The molecule has 0 bridgehead atoms. The van der Waals surface area contributed by atoms with Crippen molar-refractivity contribution in [2.24, 2.45) is 0 Å². The number of rotatable bonds is 8. The minimum Gasteiger partial charge on any atom is -0.462 e. The fourth-order valence-electron chi connectivity index (χ4n) is 2.94. The molecule has 0 aliphatic carbocycles. The second-order valence-corrected chi connectivity index (χ2v) is 9.62. The molecule has 0 amide bonds. The summed E-state index contributed by atoms with van der Waals surface area (Å²) in [6, 6.07) is 18.7. The quantitative estimate of drug-likeness (QED) is 0.396. The van der Waals surface area contributed by atoms with Gasteiger partial charge in [-0.1, -0.05) is 40.2 Å². The van der Waals surface area contributed by atoms with Crippen molar-refractivity contribution < 1.29 is 22.3 Å². The highest BCUT2D eigenvalue weighted by Crippen LogP contribution is 2.23. The number of esters is 1. The van der Waals surface area contributed by atoms with Crippen LogP contribution in [0, 0.1) is 5.82 Å². The highest BCUT2D eigenvalue weighted by atomic mass is 79.9. The van der Waals surface area contributed by atoms with E-state index in [9.17, 15) is 17.6 Å². The normalized spacial score (nSPS) is 11.5. The fourth-order valence-corrected chi connectivity index (χ4v) is 4.62. The first-order chi connectivity index (χ1) is 14.8. The predicted octanol–water partition coefficient (Wildman–Crippen LogP) is 5.16. The molecule has 0 heterocycles. The van der Waals surface area contributed by atoms with Gasteiger partial charge < -0.3 is 4.74 Å². The van der Waals surface area contributed by atoms with Gasteiger partial charge >= 0.3 is 5.97 Å². The zero-order chi connectivity index (χ0) is 22.4. The number of carbonyl (C=O) groups is 1. The molecule has 0 saturated heterocycles. The van der Waals surface area contributed by atoms with Crippen LogP contribution >= 0.6 is 15.9 Å². The summed E-state index contributed by atoms with van der Waals surface area (Å²) in [5, 5.41) is 0. The number of hydrogen-bond donors (Lipinski definition) is 0. The van der Waals surface area contributed by atoms with Crippen LogP contribution in [0.1, 0.15) is 28.4 Å². The Bertz CT molecular complexity index is 1130. The van der Waals surface area contributed by atoms with E-state index in [-0.39, 0.29) is 24.6 Å². The first-order valence-electron chi connectivity index (χ1n) is 9.56. The van der Waals surface area contributed by atoms with Crippen molar-refractivity contribution in [1.29, 1.82) is 0 Å². The molecule has 162 valence electrons. The van der Waals surface area contributed by atoms with Gasteiger partial charge in [0.05, 0.1) is 17.1 Å². The Morgan fingerprint density at radius 2 is 1.42 bits per heavy atom. The number of benzene rings is 3. The summed E-state index contributed by atoms with van der Waals surface area (Å²) in [4.78, 5) is 11.9. The third-order valence-corrected chi connectivity index (χ3v) is 6.88. The topological polar surface area (TPSA) is 63.7 Å². The van der Waals surface area contributed by atoms with Crippen LogP contribution in [-0.2, 0) is 27.8 Å². The maximum Gasteiger partial charge on any atom is 0.338 e. The number of sulfonamides is 1. The average Bonchev–Trinajstić information content (AvgIpc) is 2.76. The van der Waals surface area contributed by atoms with Gasteiger partial charge in [-0.3, -0.25) is 0 Å². The van der Waals surface area contributed by atoms with Crippen molar-refractivity contribution in [2.75, 3.05) is 6.61 Å². The molecule has 0 aliphatic rings. The predicted molar refractivity (Wildman–Crippen MR) is 119 cm³/mol. The van der Waals surface area contributed by atoms with E-state index >= 15 is 0 Å². The third-order valence-electron chi connectivity index (χ3n) is 4.55. The van der Waals surface area contributed by atoms with Gasteiger partial charge in [0.15, 0.2) is 0 Å². The second-order valence-electron chi connectivity index (χ2n) is 6.77. The first-order valence-corrected chi connectivity index (χ1v) is 11.8. The van der Waals surface area contributed by atoms with E-state index < -0.39 is 21.8 Å². The molecule has 3 aromatic carbocycles. The Labute approximate surface area is 189 Å². The number of ether oxygens (including phenoxy) is 1. The number of carbonyl (C=O) groups excluding carboxylic acids is 1. The molecule has 0 unspecified atom stereocenters. The minimum atomic E-state index is -3.90. The maximum absolute atomic E-state index is 13.3. The molecule has 0 aromatic heterocycles. The molecule has 0 atom stereocenters. The number of nitrogens with zero attached hydrogens (tertiary/aromatic N) is 1. The van der Waals surface area contributed by atoms with Crippen molar-refractivity contribution in [3.8, 4) is 0 Å². The second kappa shape index (κ2) is 10.2. The van der Waals surface area contributed by atoms with Gasteiger partial charge in [0.2, 0.25) is 10.0 Å². The lowest BCUT2D eigenvalue weighted by atomic mass is 10.1. The molecule has 3 aromatic rings. The standard InChI is InChI=1S/C23H21BrFNO4S/c1-2-30-23(27)19-7-3-17(4-8-19)15-26(16-18-5-9-20(24)10-6-18)31(28,29)22-13-11-21(25)12-14-22/h3-14H,2,15-16H2,1H3. The van der Waals surface area contributed by atoms with Crippen LogP contribution in [-0.4, -0.2) is 25.3 Å². The lowest BCUT2D eigenvalue weighted by Gasteiger charge is -2.23. The highest BCUT2D eigenvalue weighted by Gasteiger charge is 2.25. The molecular formula is C23H21BrFNO4S. The van der Waals surface area contributed by atoms with Crippen LogP contribution < -0.4 is 0 Å². The van der Waals surface area contributed by atoms with Crippen molar-refractivity contribution in [2.45, 2.75) is 24.9 Å². The molecule has 0 N–H and O–H groups in total. The number of hydrogen-bond acceptors (Lipinski definition) is 4. The van der Waals surface area contributed by atoms with Crippen molar-refractivity contribution >= 4 is 31.9 Å².